The van der Waals surface area contributed by atoms with E-state index in [1.54, 1.807) is 0 Å². The second kappa shape index (κ2) is 7.02. The molecule has 1 atom stereocenters. The maximum atomic E-state index is 13.5. The van der Waals surface area contributed by atoms with Gasteiger partial charge in [0.15, 0.2) is 0 Å². The highest BCUT2D eigenvalue weighted by molar-refractivity contribution is 7.90. The number of aromatic nitrogens is 1. The molecule has 0 bridgehead atoms. The highest BCUT2D eigenvalue weighted by Crippen LogP contribution is 2.30. The fourth-order valence-electron chi connectivity index (χ4n) is 3.38. The average Bonchev–Trinajstić information content (AvgIpc) is 3.29. The van der Waals surface area contributed by atoms with Gasteiger partial charge in [0, 0.05) is 24.8 Å². The maximum absolute atomic E-state index is 13.5. The van der Waals surface area contributed by atoms with Crippen molar-refractivity contribution in [3.8, 4) is 0 Å². The minimum atomic E-state index is -4.18. The number of halogens is 1. The third kappa shape index (κ3) is 3.29. The van der Waals surface area contributed by atoms with Crippen molar-refractivity contribution < 1.29 is 27.1 Å². The number of nitrogens with zero attached hydrogens (tertiary/aromatic N) is 1. The van der Waals surface area contributed by atoms with Crippen LogP contribution < -0.4 is 10.6 Å². The molecule has 0 saturated carbocycles. The van der Waals surface area contributed by atoms with Crippen molar-refractivity contribution in [2.24, 2.45) is 0 Å². The lowest BCUT2D eigenvalue weighted by Crippen LogP contribution is -2.27. The van der Waals surface area contributed by atoms with Gasteiger partial charge >= 0.3 is 0 Å². The molecule has 2 aliphatic rings. The van der Waals surface area contributed by atoms with Gasteiger partial charge < -0.3 is 15.4 Å². The van der Waals surface area contributed by atoms with E-state index in [4.69, 9.17) is 4.74 Å². The summed E-state index contributed by atoms with van der Waals surface area (Å²) in [7, 11) is -4.18. The first-order valence-electron chi connectivity index (χ1n) is 8.85. The monoisotopic (exact) mass is 407 g/mol. The smallest absolute Gasteiger partial charge is 0.273 e. The lowest BCUT2D eigenvalue weighted by molar-refractivity contribution is 0.0906. The third-order valence-electron chi connectivity index (χ3n) is 4.79. The molecule has 28 heavy (non-hydrogen) atoms. The van der Waals surface area contributed by atoms with Gasteiger partial charge in [-0.2, -0.15) is 0 Å². The van der Waals surface area contributed by atoms with Crippen molar-refractivity contribution in [2.75, 3.05) is 18.5 Å². The van der Waals surface area contributed by atoms with Crippen molar-refractivity contribution >= 4 is 27.5 Å². The summed E-state index contributed by atoms with van der Waals surface area (Å²) in [4.78, 5) is 24.5. The van der Waals surface area contributed by atoms with Crippen LogP contribution in [-0.4, -0.2) is 43.5 Å². The highest BCUT2D eigenvalue weighted by atomic mass is 32.2. The molecule has 2 aliphatic heterocycles. The Balaban J connectivity index is 1.57. The van der Waals surface area contributed by atoms with Crippen LogP contribution in [0.3, 0.4) is 0 Å². The van der Waals surface area contributed by atoms with E-state index in [0.29, 0.717) is 16.9 Å². The van der Waals surface area contributed by atoms with E-state index < -0.39 is 21.7 Å². The van der Waals surface area contributed by atoms with Gasteiger partial charge in [-0.25, -0.2) is 16.8 Å². The standard InChI is InChI=1S/C18H18FN3O5S/c19-12-9-15-18(24)21-14-8-11(3-4-16(14)28(25,26)22(15)10-12)17(23)20-6-5-13-2-1-7-27-13/h3-4,8-10,13H,1-2,5-7H2,(H,20,23)(H,21,24)/t13-/m1/s1. The minimum absolute atomic E-state index is 0.0270. The van der Waals surface area contributed by atoms with Crippen LogP contribution in [0.1, 0.15) is 40.1 Å². The Kier molecular flexibility index (Phi) is 4.68. The van der Waals surface area contributed by atoms with E-state index in [9.17, 15) is 22.4 Å². The summed E-state index contributed by atoms with van der Waals surface area (Å²) < 4.78 is 45.1. The summed E-state index contributed by atoms with van der Waals surface area (Å²) in [5, 5.41) is 5.20. The van der Waals surface area contributed by atoms with Gasteiger partial charge in [-0.3, -0.25) is 9.59 Å². The minimum Gasteiger partial charge on any atom is -0.378 e. The van der Waals surface area contributed by atoms with Gasteiger partial charge in [-0.05, 0) is 37.5 Å². The van der Waals surface area contributed by atoms with Crippen molar-refractivity contribution in [3.63, 3.8) is 0 Å². The Bertz CT molecular complexity index is 1060. The molecule has 1 saturated heterocycles. The first kappa shape index (κ1) is 18.6. The molecule has 0 aliphatic carbocycles. The lowest BCUT2D eigenvalue weighted by Gasteiger charge is -2.12. The fraction of sp³-hybridized carbons (Fsp3) is 0.333. The number of anilines is 1. The van der Waals surface area contributed by atoms with Crippen LogP contribution in [0.5, 0.6) is 0 Å². The Morgan fingerprint density at radius 3 is 2.93 bits per heavy atom. The van der Waals surface area contributed by atoms with Crippen LogP contribution in [0.25, 0.3) is 0 Å². The molecular formula is C18H18FN3O5S. The number of carbonyl (C=O) groups excluding carboxylic acids is 2. The van der Waals surface area contributed by atoms with Crippen LogP contribution in [0.2, 0.25) is 0 Å². The quantitative estimate of drug-likeness (QED) is 0.803. The van der Waals surface area contributed by atoms with Crippen molar-refractivity contribution in [1.82, 2.24) is 9.29 Å². The molecule has 2 N–H and O–H groups in total. The first-order valence-corrected chi connectivity index (χ1v) is 10.3. The average molecular weight is 407 g/mol. The van der Waals surface area contributed by atoms with E-state index in [1.807, 2.05) is 0 Å². The molecule has 10 heteroatoms. The molecule has 1 fully saturated rings. The van der Waals surface area contributed by atoms with Gasteiger partial charge in [0.1, 0.15) is 16.4 Å². The largest absolute Gasteiger partial charge is 0.378 e. The second-order valence-electron chi connectivity index (χ2n) is 6.69. The molecule has 3 heterocycles. The SMILES string of the molecule is O=C(NCC[C@H]1CCCO1)c1ccc2c(c1)NC(=O)c1cc(F)cn1S2(=O)=O. The molecule has 0 radical (unpaired) electrons. The number of amides is 2. The number of fused-ring (bicyclic) bond motifs is 2. The topological polar surface area (TPSA) is 106 Å². The second-order valence-corrected chi connectivity index (χ2v) is 8.47. The summed E-state index contributed by atoms with van der Waals surface area (Å²) in [6.45, 7) is 1.17. The lowest BCUT2D eigenvalue weighted by atomic mass is 10.1. The fourth-order valence-corrected chi connectivity index (χ4v) is 4.86. The molecule has 8 nitrogen and oxygen atoms in total. The van der Waals surface area contributed by atoms with E-state index in [2.05, 4.69) is 10.6 Å². The maximum Gasteiger partial charge on any atom is 0.273 e. The van der Waals surface area contributed by atoms with Crippen molar-refractivity contribution in [2.45, 2.75) is 30.3 Å². The Morgan fingerprint density at radius 1 is 1.36 bits per heavy atom. The Morgan fingerprint density at radius 2 is 2.18 bits per heavy atom. The summed E-state index contributed by atoms with van der Waals surface area (Å²) in [6.07, 6.45) is 3.57. The zero-order valence-electron chi connectivity index (χ0n) is 14.8. The van der Waals surface area contributed by atoms with Crippen LogP contribution in [-0.2, 0) is 14.8 Å². The zero-order valence-corrected chi connectivity index (χ0v) is 15.6. The predicted molar refractivity (Wildman–Crippen MR) is 97.3 cm³/mol. The van der Waals surface area contributed by atoms with Crippen molar-refractivity contribution in [3.05, 3.63) is 47.5 Å². The van der Waals surface area contributed by atoms with E-state index in [-0.39, 0.29) is 33.9 Å². The van der Waals surface area contributed by atoms with Crippen LogP contribution >= 0.6 is 0 Å². The summed E-state index contributed by atoms with van der Waals surface area (Å²) in [6, 6.07) is 4.73. The summed E-state index contributed by atoms with van der Waals surface area (Å²) >= 11 is 0. The molecule has 1 aromatic carbocycles. The summed E-state index contributed by atoms with van der Waals surface area (Å²) in [5.41, 5.74) is -0.156. The van der Waals surface area contributed by atoms with E-state index >= 15 is 0 Å². The molecule has 2 amide bonds. The number of hydrogen-bond donors (Lipinski definition) is 2. The molecular weight excluding hydrogens is 389 g/mol. The van der Waals surface area contributed by atoms with Gasteiger partial charge in [-0.1, -0.05) is 0 Å². The van der Waals surface area contributed by atoms with Gasteiger partial charge in [0.2, 0.25) is 0 Å². The number of ether oxygens (including phenoxy) is 1. The van der Waals surface area contributed by atoms with Gasteiger partial charge in [-0.15, -0.1) is 0 Å². The van der Waals surface area contributed by atoms with Crippen LogP contribution in [0, 0.1) is 5.82 Å². The molecule has 0 spiro atoms. The van der Waals surface area contributed by atoms with Gasteiger partial charge in [0.25, 0.3) is 21.8 Å². The normalized spacial score (nSPS) is 20.0. The molecule has 2 aromatic rings. The zero-order chi connectivity index (χ0) is 19.9. The van der Waals surface area contributed by atoms with Crippen molar-refractivity contribution in [1.29, 1.82) is 0 Å². The molecule has 4 rings (SSSR count). The number of carbonyl (C=O) groups is 2. The van der Waals surface area contributed by atoms with Gasteiger partial charge in [0.05, 0.1) is 18.0 Å². The highest BCUT2D eigenvalue weighted by Gasteiger charge is 2.31. The Labute approximate surface area is 160 Å². The van der Waals surface area contributed by atoms with E-state index in [1.165, 1.54) is 18.2 Å². The summed E-state index contributed by atoms with van der Waals surface area (Å²) in [5.74, 6) is -2.00. The van der Waals surface area contributed by atoms with Crippen LogP contribution in [0.15, 0.2) is 35.4 Å². The number of benzene rings is 1. The first-order chi connectivity index (χ1) is 13.4. The Hall–Kier alpha value is -2.72. The van der Waals surface area contributed by atoms with E-state index in [0.717, 1.165) is 31.7 Å². The molecule has 0 unspecified atom stereocenters. The predicted octanol–water partition coefficient (Wildman–Crippen LogP) is 1.73. The molecule has 1 aromatic heterocycles. The number of rotatable bonds is 4. The number of nitrogens with one attached hydrogen (secondary N) is 2. The number of hydrogen-bond acceptors (Lipinski definition) is 5. The molecule has 148 valence electrons. The third-order valence-corrected chi connectivity index (χ3v) is 6.52. The van der Waals surface area contributed by atoms with Crippen LogP contribution in [0.4, 0.5) is 10.1 Å².